The quantitative estimate of drug-likeness (QED) is 0.733. The molecule has 1 atom stereocenters. The third kappa shape index (κ3) is 1.91. The Labute approximate surface area is 106 Å². The molecule has 0 saturated carbocycles. The van der Waals surface area contributed by atoms with E-state index < -0.39 is 0 Å². The Morgan fingerprint density at radius 3 is 3.12 bits per heavy atom. The summed E-state index contributed by atoms with van der Waals surface area (Å²) in [4.78, 5) is 0. The third-order valence-electron chi connectivity index (χ3n) is 3.40. The molecule has 0 aromatic heterocycles. The van der Waals surface area contributed by atoms with Crippen LogP contribution >= 0.6 is 11.6 Å². The second-order valence-electron chi connectivity index (χ2n) is 4.57. The van der Waals surface area contributed by atoms with E-state index in [0.717, 1.165) is 11.4 Å². The SMILES string of the molecule is CC1=Cc2cc(Cl)ccc2CC2NC=CC=C12. The number of fused-ring (bicyclic) bond motifs is 2. The fourth-order valence-electron chi connectivity index (χ4n) is 2.53. The van der Waals surface area contributed by atoms with Crippen molar-refractivity contribution in [3.8, 4) is 0 Å². The van der Waals surface area contributed by atoms with Gasteiger partial charge in [0.15, 0.2) is 0 Å². The molecule has 2 heteroatoms. The number of hydrogen-bond donors (Lipinski definition) is 1. The lowest BCUT2D eigenvalue weighted by Crippen LogP contribution is -2.30. The zero-order chi connectivity index (χ0) is 11.8. The maximum absolute atomic E-state index is 6.06. The predicted octanol–water partition coefficient (Wildman–Crippen LogP) is 3.71. The molecule has 0 fully saturated rings. The minimum atomic E-state index is 0.388. The van der Waals surface area contributed by atoms with Gasteiger partial charge in [0.25, 0.3) is 0 Å². The highest BCUT2D eigenvalue weighted by Crippen LogP contribution is 2.30. The summed E-state index contributed by atoms with van der Waals surface area (Å²) in [6.07, 6.45) is 9.51. The maximum Gasteiger partial charge on any atom is 0.0551 e. The Bertz CT molecular complexity index is 552. The smallest absolute Gasteiger partial charge is 0.0551 e. The summed E-state index contributed by atoms with van der Waals surface area (Å²) >= 11 is 6.06. The van der Waals surface area contributed by atoms with Gasteiger partial charge in [0.1, 0.15) is 0 Å². The molecule has 3 rings (SSSR count). The van der Waals surface area contributed by atoms with Crippen LogP contribution in [0.4, 0.5) is 0 Å². The lowest BCUT2D eigenvalue weighted by atomic mass is 9.95. The fourth-order valence-corrected chi connectivity index (χ4v) is 2.71. The first-order chi connectivity index (χ1) is 8.24. The van der Waals surface area contributed by atoms with E-state index in [2.05, 4.69) is 36.5 Å². The van der Waals surface area contributed by atoms with Gasteiger partial charge in [-0.05, 0) is 60.0 Å². The third-order valence-corrected chi connectivity index (χ3v) is 3.64. The van der Waals surface area contributed by atoms with Crippen molar-refractivity contribution in [1.82, 2.24) is 5.32 Å². The first-order valence-corrected chi connectivity index (χ1v) is 6.22. The second-order valence-corrected chi connectivity index (χ2v) is 5.01. The molecule has 86 valence electrons. The highest BCUT2D eigenvalue weighted by molar-refractivity contribution is 6.30. The summed E-state index contributed by atoms with van der Waals surface area (Å²) < 4.78 is 0. The number of allylic oxidation sites excluding steroid dienone is 2. The Kier molecular flexibility index (Phi) is 2.56. The summed E-state index contributed by atoms with van der Waals surface area (Å²) in [7, 11) is 0. The summed E-state index contributed by atoms with van der Waals surface area (Å²) in [5.41, 5.74) is 5.28. The van der Waals surface area contributed by atoms with E-state index in [1.165, 1.54) is 22.3 Å². The van der Waals surface area contributed by atoms with E-state index in [1.807, 2.05) is 18.3 Å². The molecule has 1 aromatic carbocycles. The average Bonchev–Trinajstić information content (AvgIpc) is 2.46. The van der Waals surface area contributed by atoms with Gasteiger partial charge in [-0.25, -0.2) is 0 Å². The molecule has 1 unspecified atom stereocenters. The molecule has 0 radical (unpaired) electrons. The Hall–Kier alpha value is -1.47. The van der Waals surface area contributed by atoms with Gasteiger partial charge in [-0.3, -0.25) is 0 Å². The molecular weight excluding hydrogens is 230 g/mol. The molecule has 0 amide bonds. The molecule has 17 heavy (non-hydrogen) atoms. The monoisotopic (exact) mass is 243 g/mol. The zero-order valence-corrected chi connectivity index (χ0v) is 10.5. The van der Waals surface area contributed by atoms with Crippen molar-refractivity contribution in [2.75, 3.05) is 0 Å². The molecule has 1 aliphatic carbocycles. The van der Waals surface area contributed by atoms with Crippen LogP contribution in [0.15, 0.2) is 47.7 Å². The van der Waals surface area contributed by atoms with Gasteiger partial charge in [0.2, 0.25) is 0 Å². The molecule has 0 saturated heterocycles. The van der Waals surface area contributed by atoms with Crippen LogP contribution in [-0.4, -0.2) is 6.04 Å². The standard InChI is InChI=1S/C15H14ClN/c1-10-7-12-8-13(16)5-4-11(12)9-15-14(10)3-2-6-17-15/h2-8,15,17H,9H2,1H3. The number of rotatable bonds is 0. The van der Waals surface area contributed by atoms with Crippen molar-refractivity contribution in [2.24, 2.45) is 0 Å². The van der Waals surface area contributed by atoms with E-state index in [-0.39, 0.29) is 0 Å². The topological polar surface area (TPSA) is 12.0 Å². The highest BCUT2D eigenvalue weighted by Gasteiger charge is 2.21. The van der Waals surface area contributed by atoms with Crippen molar-refractivity contribution in [1.29, 1.82) is 0 Å². The van der Waals surface area contributed by atoms with Gasteiger partial charge in [0.05, 0.1) is 6.04 Å². The number of benzene rings is 1. The van der Waals surface area contributed by atoms with Crippen LogP contribution in [0.5, 0.6) is 0 Å². The molecule has 1 aliphatic heterocycles. The minimum absolute atomic E-state index is 0.388. The van der Waals surface area contributed by atoms with Gasteiger partial charge in [0, 0.05) is 5.02 Å². The van der Waals surface area contributed by atoms with Crippen LogP contribution in [0, 0.1) is 0 Å². The van der Waals surface area contributed by atoms with Crippen molar-refractivity contribution < 1.29 is 0 Å². The van der Waals surface area contributed by atoms with Crippen LogP contribution in [0.3, 0.4) is 0 Å². The highest BCUT2D eigenvalue weighted by atomic mass is 35.5. The lowest BCUT2D eigenvalue weighted by Gasteiger charge is -2.22. The van der Waals surface area contributed by atoms with Gasteiger partial charge in [-0.1, -0.05) is 29.8 Å². The van der Waals surface area contributed by atoms with E-state index in [0.29, 0.717) is 6.04 Å². The molecule has 1 N–H and O–H groups in total. The number of nitrogens with one attached hydrogen (secondary N) is 1. The van der Waals surface area contributed by atoms with Gasteiger partial charge < -0.3 is 5.32 Å². The minimum Gasteiger partial charge on any atom is -0.384 e. The van der Waals surface area contributed by atoms with Crippen LogP contribution < -0.4 is 5.32 Å². The predicted molar refractivity (Wildman–Crippen MR) is 73.0 cm³/mol. The second kappa shape index (κ2) is 4.08. The molecule has 1 nitrogen and oxygen atoms in total. The molecule has 1 heterocycles. The van der Waals surface area contributed by atoms with E-state index >= 15 is 0 Å². The molecule has 0 bridgehead atoms. The molecule has 1 aromatic rings. The van der Waals surface area contributed by atoms with E-state index in [4.69, 9.17) is 11.6 Å². The largest absolute Gasteiger partial charge is 0.384 e. The van der Waals surface area contributed by atoms with Crippen molar-refractivity contribution in [3.05, 3.63) is 63.8 Å². The van der Waals surface area contributed by atoms with Crippen molar-refractivity contribution >= 4 is 17.7 Å². The van der Waals surface area contributed by atoms with Crippen molar-refractivity contribution in [2.45, 2.75) is 19.4 Å². The number of hydrogen-bond acceptors (Lipinski definition) is 1. The maximum atomic E-state index is 6.06. The zero-order valence-electron chi connectivity index (χ0n) is 9.70. The van der Waals surface area contributed by atoms with Crippen LogP contribution in [0.1, 0.15) is 18.1 Å². The summed E-state index contributed by atoms with van der Waals surface area (Å²) in [6.45, 7) is 2.16. The average molecular weight is 244 g/mol. The lowest BCUT2D eigenvalue weighted by molar-refractivity contribution is 0.662. The molecule has 2 aliphatic rings. The fraction of sp³-hybridized carbons (Fsp3) is 0.200. The number of halogens is 1. The first kappa shape index (κ1) is 10.7. The van der Waals surface area contributed by atoms with Gasteiger partial charge in [-0.15, -0.1) is 0 Å². The van der Waals surface area contributed by atoms with Gasteiger partial charge >= 0.3 is 0 Å². The summed E-state index contributed by atoms with van der Waals surface area (Å²) in [5, 5.41) is 4.23. The van der Waals surface area contributed by atoms with Gasteiger partial charge in [-0.2, -0.15) is 0 Å². The van der Waals surface area contributed by atoms with E-state index in [9.17, 15) is 0 Å². The van der Waals surface area contributed by atoms with Crippen LogP contribution in [0.25, 0.3) is 6.08 Å². The van der Waals surface area contributed by atoms with Crippen LogP contribution in [0.2, 0.25) is 5.02 Å². The normalized spacial score (nSPS) is 21.6. The number of dihydropyridines is 1. The van der Waals surface area contributed by atoms with E-state index in [1.54, 1.807) is 0 Å². The Morgan fingerprint density at radius 1 is 1.35 bits per heavy atom. The summed E-state index contributed by atoms with van der Waals surface area (Å²) in [6, 6.07) is 6.53. The Balaban J connectivity index is 2.13. The van der Waals surface area contributed by atoms with Crippen LogP contribution in [-0.2, 0) is 6.42 Å². The molecular formula is C15H14ClN. The summed E-state index contributed by atoms with van der Waals surface area (Å²) in [5.74, 6) is 0. The Morgan fingerprint density at radius 2 is 2.24 bits per heavy atom. The first-order valence-electron chi connectivity index (χ1n) is 5.84. The molecule has 0 spiro atoms. The van der Waals surface area contributed by atoms with Crippen molar-refractivity contribution in [3.63, 3.8) is 0 Å².